The molecule has 2 nitrogen and oxygen atoms in total. The zero-order valence-electron chi connectivity index (χ0n) is 13.8. The summed E-state index contributed by atoms with van der Waals surface area (Å²) in [6.07, 6.45) is 0. The first-order valence-electron chi connectivity index (χ1n) is 7.78. The van der Waals surface area contributed by atoms with Crippen LogP contribution in [0.5, 0.6) is 11.5 Å². The fourth-order valence-electron chi connectivity index (χ4n) is 3.81. The van der Waals surface area contributed by atoms with Crippen molar-refractivity contribution in [3.63, 3.8) is 0 Å². The molecule has 0 N–H and O–H groups in total. The van der Waals surface area contributed by atoms with E-state index in [9.17, 15) is 0 Å². The van der Waals surface area contributed by atoms with E-state index < -0.39 is 0 Å². The monoisotopic (exact) mass is 470 g/mol. The molecule has 23 heavy (non-hydrogen) atoms. The quantitative estimate of drug-likeness (QED) is 0.630. The van der Waals surface area contributed by atoms with E-state index in [1.807, 2.05) is 0 Å². The molecule has 0 aliphatic heterocycles. The van der Waals surface area contributed by atoms with Crippen molar-refractivity contribution < 1.29 is 9.47 Å². The van der Waals surface area contributed by atoms with Gasteiger partial charge in [0.05, 0.1) is 23.2 Å². The highest BCUT2D eigenvalue weighted by Crippen LogP contribution is 2.52. The molecule has 0 radical (unpaired) electrons. The molecule has 0 bridgehead atoms. The van der Waals surface area contributed by atoms with Crippen LogP contribution >= 0.6 is 31.9 Å². The Balaban J connectivity index is 2.39. The highest BCUT2D eigenvalue weighted by Gasteiger charge is 2.42. The van der Waals surface area contributed by atoms with Gasteiger partial charge in [-0.25, -0.2) is 0 Å². The maximum atomic E-state index is 5.54. The van der Waals surface area contributed by atoms with Gasteiger partial charge in [0.1, 0.15) is 11.5 Å². The molecule has 0 unspecified atom stereocenters. The molecule has 6 heteroatoms. The Labute approximate surface area is 158 Å². The molecule has 1 aliphatic carbocycles. The number of halogens is 2. The highest BCUT2D eigenvalue weighted by molar-refractivity contribution is 9.10. The molecule has 0 saturated heterocycles. The predicted octanol–water partition coefficient (Wildman–Crippen LogP) is 3.84. The third-order valence-electron chi connectivity index (χ3n) is 5.11. The van der Waals surface area contributed by atoms with Crippen molar-refractivity contribution in [1.82, 2.24) is 0 Å². The van der Waals surface area contributed by atoms with E-state index in [0.717, 1.165) is 20.4 Å². The van der Waals surface area contributed by atoms with E-state index in [1.165, 1.54) is 22.3 Å². The zero-order valence-corrected chi connectivity index (χ0v) is 19.8. The standard InChI is InChI=1S/C17H20Br2O2Si2/c1-20-15-5-9-10-6-16(21-2)14(19)8-12(10)17(22-3,23-4)11(9)7-13(15)18/h5-8H,22-23H2,1-4H3. The fourth-order valence-corrected chi connectivity index (χ4v) is 9.52. The summed E-state index contributed by atoms with van der Waals surface area (Å²) in [6.45, 7) is 4.87. The largest absolute Gasteiger partial charge is 0.496 e. The molecule has 0 heterocycles. The van der Waals surface area contributed by atoms with Gasteiger partial charge in [-0.15, -0.1) is 0 Å². The number of rotatable bonds is 4. The second-order valence-electron chi connectivity index (χ2n) is 5.85. The van der Waals surface area contributed by atoms with Crippen LogP contribution in [0.1, 0.15) is 11.1 Å². The van der Waals surface area contributed by atoms with E-state index in [2.05, 4.69) is 69.2 Å². The highest BCUT2D eigenvalue weighted by atomic mass is 79.9. The van der Waals surface area contributed by atoms with Crippen molar-refractivity contribution >= 4 is 50.9 Å². The smallest absolute Gasteiger partial charge is 0.133 e. The first kappa shape index (κ1) is 17.3. The molecule has 2 aromatic carbocycles. The maximum Gasteiger partial charge on any atom is 0.133 e. The number of methoxy groups -OCH3 is 2. The van der Waals surface area contributed by atoms with Crippen LogP contribution in [-0.4, -0.2) is 33.3 Å². The van der Waals surface area contributed by atoms with Crippen LogP contribution in [0.25, 0.3) is 11.1 Å². The maximum absolute atomic E-state index is 5.54. The number of benzene rings is 2. The molecule has 0 aromatic heterocycles. The number of hydrogen-bond donors (Lipinski definition) is 0. The van der Waals surface area contributed by atoms with E-state index in [-0.39, 0.29) is 19.0 Å². The van der Waals surface area contributed by atoms with Gasteiger partial charge in [0.25, 0.3) is 0 Å². The van der Waals surface area contributed by atoms with Gasteiger partial charge < -0.3 is 9.47 Å². The second-order valence-corrected chi connectivity index (χ2v) is 12.4. The van der Waals surface area contributed by atoms with Gasteiger partial charge in [0.15, 0.2) is 0 Å². The van der Waals surface area contributed by atoms with E-state index in [1.54, 1.807) is 14.2 Å². The van der Waals surface area contributed by atoms with Gasteiger partial charge in [-0.1, -0.05) is 13.1 Å². The first-order chi connectivity index (χ1) is 11.0. The van der Waals surface area contributed by atoms with Gasteiger partial charge in [-0.2, -0.15) is 0 Å². The van der Waals surface area contributed by atoms with Crippen molar-refractivity contribution in [1.29, 1.82) is 0 Å². The summed E-state index contributed by atoms with van der Waals surface area (Å²) in [5, 5.41) is 0. The lowest BCUT2D eigenvalue weighted by Crippen LogP contribution is -2.36. The van der Waals surface area contributed by atoms with Crippen molar-refractivity contribution in [3.05, 3.63) is 44.3 Å². The molecule has 122 valence electrons. The normalized spacial score (nSPS) is 15.4. The molecule has 1 aliphatic rings. The SMILES string of the molecule is COc1cc2c(cc1Br)C([SiH2]C)([SiH2]C)c1cc(Br)c(OC)cc1-2. The number of ether oxygens (including phenoxy) is 2. The van der Waals surface area contributed by atoms with Gasteiger partial charge in [0, 0.05) is 19.0 Å². The summed E-state index contributed by atoms with van der Waals surface area (Å²) in [6, 6.07) is 8.95. The van der Waals surface area contributed by atoms with Crippen molar-refractivity contribution in [2.75, 3.05) is 14.2 Å². The van der Waals surface area contributed by atoms with Gasteiger partial charge in [-0.05, 0) is 83.0 Å². The summed E-state index contributed by atoms with van der Waals surface area (Å²) in [5.41, 5.74) is 5.61. The molecule has 0 amide bonds. The minimum atomic E-state index is -0.264. The Morgan fingerprint density at radius 2 is 1.17 bits per heavy atom. The van der Waals surface area contributed by atoms with Crippen molar-refractivity contribution in [3.8, 4) is 22.6 Å². The Morgan fingerprint density at radius 1 is 0.783 bits per heavy atom. The Kier molecular flexibility index (Phi) is 4.79. The van der Waals surface area contributed by atoms with Crippen LogP contribution < -0.4 is 9.47 Å². The third-order valence-corrected chi connectivity index (χ3v) is 13.3. The van der Waals surface area contributed by atoms with Crippen LogP contribution in [0.4, 0.5) is 0 Å². The van der Waals surface area contributed by atoms with Gasteiger partial charge >= 0.3 is 0 Å². The molecular weight excluding hydrogens is 452 g/mol. The summed E-state index contributed by atoms with van der Waals surface area (Å²) >= 11 is 7.36. The Bertz CT molecular complexity index is 712. The average molecular weight is 472 g/mol. The molecule has 0 fully saturated rings. The summed E-state index contributed by atoms with van der Waals surface area (Å²) in [7, 11) is 2.92. The zero-order chi connectivity index (χ0) is 16.8. The molecule has 2 aromatic rings. The van der Waals surface area contributed by atoms with Crippen LogP contribution in [0, 0.1) is 0 Å². The summed E-state index contributed by atoms with van der Waals surface area (Å²) in [4.78, 5) is 0. The molecule has 3 rings (SSSR count). The lowest BCUT2D eigenvalue weighted by atomic mass is 10.1. The van der Waals surface area contributed by atoms with E-state index in [0.29, 0.717) is 4.66 Å². The van der Waals surface area contributed by atoms with Crippen LogP contribution in [0.3, 0.4) is 0 Å². The van der Waals surface area contributed by atoms with Gasteiger partial charge in [0.2, 0.25) is 0 Å². The Hall–Kier alpha value is -0.566. The second kappa shape index (κ2) is 6.39. The summed E-state index contributed by atoms with van der Waals surface area (Å²) in [5.74, 6) is 1.78. The lowest BCUT2D eigenvalue weighted by molar-refractivity contribution is 0.411. The Morgan fingerprint density at radius 3 is 1.48 bits per heavy atom. The lowest BCUT2D eigenvalue weighted by Gasteiger charge is -2.29. The molecule has 0 saturated carbocycles. The molecule has 0 atom stereocenters. The van der Waals surface area contributed by atoms with Gasteiger partial charge in [-0.3, -0.25) is 0 Å². The summed E-state index contributed by atoms with van der Waals surface area (Å²) < 4.78 is 13.5. The predicted molar refractivity (Wildman–Crippen MR) is 110 cm³/mol. The van der Waals surface area contributed by atoms with Crippen LogP contribution in [0.15, 0.2) is 33.2 Å². The average Bonchev–Trinajstić information content (AvgIpc) is 2.81. The minimum absolute atomic E-state index is 0.264. The number of fused-ring (bicyclic) bond motifs is 3. The van der Waals surface area contributed by atoms with Crippen molar-refractivity contribution in [2.24, 2.45) is 0 Å². The van der Waals surface area contributed by atoms with Crippen LogP contribution in [-0.2, 0) is 4.66 Å². The molecule has 0 spiro atoms. The number of hydrogen-bond acceptors (Lipinski definition) is 2. The van der Waals surface area contributed by atoms with E-state index >= 15 is 0 Å². The third kappa shape index (κ3) is 2.45. The van der Waals surface area contributed by atoms with Crippen molar-refractivity contribution in [2.45, 2.75) is 17.8 Å². The fraction of sp³-hybridized carbons (Fsp3) is 0.294. The topological polar surface area (TPSA) is 18.5 Å². The molecular formula is C17H20Br2O2Si2. The first-order valence-corrected chi connectivity index (χ1v) is 13.6. The van der Waals surface area contributed by atoms with Crippen LogP contribution in [0.2, 0.25) is 13.1 Å². The van der Waals surface area contributed by atoms with E-state index in [4.69, 9.17) is 9.47 Å². The minimum Gasteiger partial charge on any atom is -0.496 e.